The molecule has 2 rings (SSSR count). The number of non-ortho nitro benzene ring substituents is 1. The molecular formula is C20H19BrN6O3. The van der Waals surface area contributed by atoms with Crippen molar-refractivity contribution in [3.63, 3.8) is 0 Å². The highest BCUT2D eigenvalue weighted by Gasteiger charge is 2.15. The van der Waals surface area contributed by atoms with Crippen LogP contribution in [0.15, 0.2) is 62.9 Å². The minimum atomic E-state index is -0.578. The molecule has 154 valence electrons. The highest BCUT2D eigenvalue weighted by molar-refractivity contribution is 9.10. The second-order valence-corrected chi connectivity index (χ2v) is 6.63. The maximum absolute atomic E-state index is 11.0. The Morgan fingerprint density at radius 2 is 2.00 bits per heavy atom. The van der Waals surface area contributed by atoms with E-state index in [1.165, 1.54) is 18.7 Å². The highest BCUT2D eigenvalue weighted by atomic mass is 79.9. The third kappa shape index (κ3) is 5.48. The lowest BCUT2D eigenvalue weighted by Gasteiger charge is -2.21. The zero-order valence-corrected chi connectivity index (χ0v) is 18.0. The molecule has 0 N–H and O–H groups in total. The molecule has 0 saturated heterocycles. The van der Waals surface area contributed by atoms with Crippen molar-refractivity contribution >= 4 is 50.8 Å². The van der Waals surface area contributed by atoms with E-state index in [0.29, 0.717) is 11.4 Å². The minimum Gasteiger partial charge on any atom is -0.454 e. The summed E-state index contributed by atoms with van der Waals surface area (Å²) < 4.78 is 5.26. The Kier molecular flexibility index (Phi) is 8.19. The Morgan fingerprint density at radius 1 is 1.27 bits per heavy atom. The van der Waals surface area contributed by atoms with E-state index in [2.05, 4.69) is 56.5 Å². The van der Waals surface area contributed by atoms with E-state index < -0.39 is 4.92 Å². The fourth-order valence-electron chi connectivity index (χ4n) is 2.60. The molecule has 30 heavy (non-hydrogen) atoms. The number of rotatable bonds is 9. The van der Waals surface area contributed by atoms with Crippen LogP contribution in [0.1, 0.15) is 19.4 Å². The molecule has 0 fully saturated rings. The van der Waals surface area contributed by atoms with E-state index in [0.717, 1.165) is 24.8 Å². The van der Waals surface area contributed by atoms with Crippen LogP contribution in [0.3, 0.4) is 0 Å². The summed E-state index contributed by atoms with van der Waals surface area (Å²) in [5, 5.41) is 28.7. The third-order valence-corrected chi connectivity index (χ3v) is 4.68. The molecule has 0 aliphatic carbocycles. The zero-order chi connectivity index (χ0) is 22.1. The predicted octanol–water partition coefficient (Wildman–Crippen LogP) is 6.31. The van der Waals surface area contributed by atoms with Gasteiger partial charge in [-0.2, -0.15) is 5.26 Å². The van der Waals surface area contributed by atoms with Gasteiger partial charge in [0.2, 0.25) is 0 Å². The van der Waals surface area contributed by atoms with Crippen LogP contribution in [0.25, 0.3) is 0 Å². The summed E-state index contributed by atoms with van der Waals surface area (Å²) in [5.41, 5.74) is 1.89. The van der Waals surface area contributed by atoms with Gasteiger partial charge in [0.05, 0.1) is 26.9 Å². The molecule has 0 aliphatic heterocycles. The average molecular weight is 471 g/mol. The predicted molar refractivity (Wildman–Crippen MR) is 119 cm³/mol. The molecule has 0 unspecified atom stereocenters. The number of azo groups is 1. The van der Waals surface area contributed by atoms with Gasteiger partial charge < -0.3 is 9.64 Å². The van der Waals surface area contributed by atoms with Crippen molar-refractivity contribution in [1.29, 1.82) is 5.26 Å². The molecule has 2 aromatic carbocycles. The molecular weight excluding hydrogens is 452 g/mol. The molecule has 0 radical (unpaired) electrons. The number of benzene rings is 2. The first-order valence-corrected chi connectivity index (χ1v) is 9.72. The van der Waals surface area contributed by atoms with E-state index in [9.17, 15) is 15.4 Å². The molecule has 0 atom stereocenters. The van der Waals surface area contributed by atoms with Gasteiger partial charge in [-0.1, -0.05) is 6.58 Å². The fourth-order valence-corrected chi connectivity index (χ4v) is 3.12. The molecule has 0 spiro atoms. The summed E-state index contributed by atoms with van der Waals surface area (Å²) in [6, 6.07) is 9.83. The van der Waals surface area contributed by atoms with Crippen molar-refractivity contribution in [2.24, 2.45) is 15.2 Å². The molecule has 0 aliphatic rings. The second-order valence-electron chi connectivity index (χ2n) is 5.78. The van der Waals surface area contributed by atoms with E-state index in [1.807, 2.05) is 18.2 Å². The van der Waals surface area contributed by atoms with Crippen LogP contribution in [0.2, 0.25) is 0 Å². The number of nitriles is 1. The van der Waals surface area contributed by atoms with Crippen LogP contribution in [-0.2, 0) is 4.74 Å². The standard InChI is InChI=1S/C20H19BrN6O3/c1-4-26(5-2)15-7-8-18(19(11-15)23-13-30-6-3)24-25-20-14(12-22)9-16(27(28)29)10-17(20)21/h6-11,13H,3-5H2,1-2H3. The van der Waals surface area contributed by atoms with Crippen molar-refractivity contribution in [2.75, 3.05) is 18.0 Å². The fraction of sp³-hybridized carbons (Fsp3) is 0.200. The van der Waals surface area contributed by atoms with Crippen LogP contribution >= 0.6 is 15.9 Å². The van der Waals surface area contributed by atoms with Crippen molar-refractivity contribution < 1.29 is 9.66 Å². The van der Waals surface area contributed by atoms with Crippen molar-refractivity contribution in [1.82, 2.24) is 0 Å². The number of hydrogen-bond acceptors (Lipinski definition) is 8. The number of hydrogen-bond donors (Lipinski definition) is 0. The lowest BCUT2D eigenvalue weighted by molar-refractivity contribution is -0.384. The van der Waals surface area contributed by atoms with Gasteiger partial charge in [0, 0.05) is 30.9 Å². The summed E-state index contributed by atoms with van der Waals surface area (Å²) >= 11 is 3.22. The van der Waals surface area contributed by atoms with E-state index >= 15 is 0 Å². The summed E-state index contributed by atoms with van der Waals surface area (Å²) in [7, 11) is 0. The van der Waals surface area contributed by atoms with Gasteiger partial charge in [0.15, 0.2) is 6.40 Å². The Labute approximate surface area is 182 Å². The Hall–Kier alpha value is -3.58. The van der Waals surface area contributed by atoms with Crippen LogP contribution in [0.5, 0.6) is 0 Å². The lowest BCUT2D eigenvalue weighted by Crippen LogP contribution is -2.21. The van der Waals surface area contributed by atoms with Crippen molar-refractivity contribution in [3.05, 3.63) is 63.3 Å². The quantitative estimate of drug-likeness (QED) is 0.106. The average Bonchev–Trinajstić information content (AvgIpc) is 2.74. The van der Waals surface area contributed by atoms with Gasteiger partial charge in [-0.05, 0) is 48.0 Å². The molecule has 0 aromatic heterocycles. The maximum Gasteiger partial charge on any atom is 0.272 e. The topological polar surface area (TPSA) is 116 Å². The van der Waals surface area contributed by atoms with E-state index in [4.69, 9.17) is 4.74 Å². The van der Waals surface area contributed by atoms with Gasteiger partial charge in [-0.3, -0.25) is 10.1 Å². The SMILES string of the molecule is C=COC=Nc1cc(N(CC)CC)ccc1N=Nc1c(Br)cc([N+](=O)[O-])cc1C#N. The number of nitro groups is 1. The van der Waals surface area contributed by atoms with E-state index in [-0.39, 0.29) is 21.4 Å². The Morgan fingerprint density at radius 3 is 2.60 bits per heavy atom. The number of ether oxygens (including phenoxy) is 1. The normalized spacial score (nSPS) is 10.9. The zero-order valence-electron chi connectivity index (χ0n) is 16.4. The summed E-state index contributed by atoms with van der Waals surface area (Å²) in [4.78, 5) is 16.8. The molecule has 0 amide bonds. The first-order valence-electron chi connectivity index (χ1n) is 8.92. The third-order valence-electron chi connectivity index (χ3n) is 4.07. The number of aliphatic imine (C=N–C) groups is 1. The minimum absolute atomic E-state index is 0.0274. The van der Waals surface area contributed by atoms with Gasteiger partial charge >= 0.3 is 0 Å². The van der Waals surface area contributed by atoms with E-state index in [1.54, 1.807) is 6.07 Å². The first kappa shape index (κ1) is 22.7. The molecule has 0 bridgehead atoms. The molecule has 10 heteroatoms. The summed E-state index contributed by atoms with van der Waals surface area (Å²) in [6.45, 7) is 9.22. The number of halogens is 1. The molecule has 0 saturated carbocycles. The molecule has 9 nitrogen and oxygen atoms in total. The van der Waals surface area contributed by atoms with Crippen LogP contribution in [-0.4, -0.2) is 24.4 Å². The summed E-state index contributed by atoms with van der Waals surface area (Å²) in [5.74, 6) is 0. The second kappa shape index (κ2) is 10.8. The van der Waals surface area contributed by atoms with Crippen LogP contribution in [0.4, 0.5) is 28.4 Å². The van der Waals surface area contributed by atoms with Gasteiger partial charge in [-0.15, -0.1) is 10.2 Å². The lowest BCUT2D eigenvalue weighted by atomic mass is 10.2. The maximum atomic E-state index is 11.0. The number of nitrogens with zero attached hydrogens (tertiary/aromatic N) is 6. The molecule has 0 heterocycles. The number of anilines is 1. The Bertz CT molecular complexity index is 1040. The summed E-state index contributed by atoms with van der Waals surface area (Å²) in [6.07, 6.45) is 2.47. The molecule has 2 aromatic rings. The number of nitro benzene ring substituents is 1. The van der Waals surface area contributed by atoms with Crippen molar-refractivity contribution in [3.8, 4) is 6.07 Å². The van der Waals surface area contributed by atoms with Gasteiger partial charge in [-0.25, -0.2) is 4.99 Å². The van der Waals surface area contributed by atoms with Crippen LogP contribution in [0, 0.1) is 21.4 Å². The Balaban J connectivity index is 2.51. The monoisotopic (exact) mass is 470 g/mol. The smallest absolute Gasteiger partial charge is 0.272 e. The van der Waals surface area contributed by atoms with Crippen LogP contribution < -0.4 is 4.90 Å². The van der Waals surface area contributed by atoms with Gasteiger partial charge in [0.25, 0.3) is 5.69 Å². The largest absolute Gasteiger partial charge is 0.454 e. The highest BCUT2D eigenvalue weighted by Crippen LogP contribution is 2.37. The van der Waals surface area contributed by atoms with Gasteiger partial charge in [0.1, 0.15) is 17.4 Å². The van der Waals surface area contributed by atoms with Crippen molar-refractivity contribution in [2.45, 2.75) is 13.8 Å². The first-order chi connectivity index (χ1) is 14.4.